The maximum atomic E-state index is 12.4. The summed E-state index contributed by atoms with van der Waals surface area (Å²) in [7, 11) is -3.46. The van der Waals surface area contributed by atoms with Crippen molar-refractivity contribution in [1.29, 1.82) is 0 Å². The van der Waals surface area contributed by atoms with Crippen LogP contribution in [-0.2, 0) is 16.4 Å². The maximum Gasteiger partial charge on any atom is 0.179 e. The van der Waals surface area contributed by atoms with Crippen LogP contribution in [0.4, 0.5) is 5.82 Å². The Morgan fingerprint density at radius 2 is 2.25 bits per heavy atom. The van der Waals surface area contributed by atoms with Crippen molar-refractivity contribution < 1.29 is 8.42 Å². The van der Waals surface area contributed by atoms with Crippen molar-refractivity contribution in [3.05, 3.63) is 23.2 Å². The predicted molar refractivity (Wildman–Crippen MR) is 97.9 cm³/mol. The number of amidine groups is 1. The average molecular weight is 370 g/mol. The maximum absolute atomic E-state index is 12.4. The molecule has 0 radical (unpaired) electrons. The molecule has 0 unspecified atom stereocenters. The number of aliphatic imine (C=N–C) groups is 1. The SMILES string of the molecule is CS(=O)(=O)c1c(NCCN)n(CC2=NCCN2)c2ccc(Cl)cc12. The van der Waals surface area contributed by atoms with Crippen LogP contribution in [-0.4, -0.2) is 51.3 Å². The lowest BCUT2D eigenvalue weighted by molar-refractivity contribution is 0.602. The molecule has 1 aliphatic rings. The van der Waals surface area contributed by atoms with Gasteiger partial charge in [0.05, 0.1) is 18.6 Å². The molecule has 1 aliphatic heterocycles. The Morgan fingerprint density at radius 3 is 2.88 bits per heavy atom. The molecule has 0 atom stereocenters. The second-order valence-corrected chi connectivity index (χ2v) is 8.06. The van der Waals surface area contributed by atoms with Gasteiger partial charge in [-0.05, 0) is 18.2 Å². The summed E-state index contributed by atoms with van der Waals surface area (Å²) >= 11 is 6.10. The molecule has 4 N–H and O–H groups in total. The lowest BCUT2D eigenvalue weighted by Crippen LogP contribution is -2.25. The number of sulfone groups is 1. The van der Waals surface area contributed by atoms with Crippen molar-refractivity contribution in [3.8, 4) is 0 Å². The zero-order valence-corrected chi connectivity index (χ0v) is 14.9. The molecule has 0 amide bonds. The van der Waals surface area contributed by atoms with Crippen LogP contribution in [0.25, 0.3) is 10.9 Å². The highest BCUT2D eigenvalue weighted by molar-refractivity contribution is 7.91. The van der Waals surface area contributed by atoms with Crippen molar-refractivity contribution in [1.82, 2.24) is 9.88 Å². The molecule has 0 bridgehead atoms. The Kier molecular flexibility index (Phi) is 4.71. The molecule has 9 heteroatoms. The third kappa shape index (κ3) is 3.22. The van der Waals surface area contributed by atoms with Crippen LogP contribution in [0.2, 0.25) is 5.02 Å². The fraction of sp³-hybridized carbons (Fsp3) is 0.400. The zero-order valence-electron chi connectivity index (χ0n) is 13.3. The number of anilines is 1. The van der Waals surface area contributed by atoms with Crippen LogP contribution in [0.15, 0.2) is 28.1 Å². The molecule has 3 rings (SSSR count). The second kappa shape index (κ2) is 6.62. The van der Waals surface area contributed by atoms with E-state index in [1.807, 2.05) is 10.6 Å². The summed E-state index contributed by atoms with van der Waals surface area (Å²) in [6.07, 6.45) is 1.20. The highest BCUT2D eigenvalue weighted by Gasteiger charge is 2.25. The molecular formula is C15H20ClN5O2S. The van der Waals surface area contributed by atoms with Crippen LogP contribution >= 0.6 is 11.6 Å². The number of aromatic nitrogens is 1. The molecule has 0 saturated carbocycles. The van der Waals surface area contributed by atoms with Gasteiger partial charge in [0.15, 0.2) is 9.84 Å². The first-order valence-corrected chi connectivity index (χ1v) is 9.91. The lowest BCUT2D eigenvalue weighted by atomic mass is 10.2. The summed E-state index contributed by atoms with van der Waals surface area (Å²) < 4.78 is 26.7. The molecule has 2 heterocycles. The second-order valence-electron chi connectivity index (χ2n) is 5.67. The molecular weight excluding hydrogens is 350 g/mol. The molecule has 7 nitrogen and oxygen atoms in total. The van der Waals surface area contributed by atoms with Gasteiger partial charge >= 0.3 is 0 Å². The third-order valence-corrected chi connectivity index (χ3v) is 5.23. The first-order chi connectivity index (χ1) is 11.4. The van der Waals surface area contributed by atoms with E-state index in [0.717, 1.165) is 24.4 Å². The minimum absolute atomic E-state index is 0.243. The van der Waals surface area contributed by atoms with Crippen LogP contribution in [0, 0.1) is 0 Å². The van der Waals surface area contributed by atoms with Gasteiger partial charge in [0.2, 0.25) is 0 Å². The minimum Gasteiger partial charge on any atom is -0.370 e. The van der Waals surface area contributed by atoms with Gasteiger partial charge < -0.3 is 20.9 Å². The molecule has 0 spiro atoms. The van der Waals surface area contributed by atoms with Gasteiger partial charge in [0, 0.05) is 36.3 Å². The first kappa shape index (κ1) is 17.1. The summed E-state index contributed by atoms with van der Waals surface area (Å²) in [4.78, 5) is 4.65. The highest BCUT2D eigenvalue weighted by Crippen LogP contribution is 2.35. The smallest absolute Gasteiger partial charge is 0.179 e. The van der Waals surface area contributed by atoms with E-state index < -0.39 is 9.84 Å². The van der Waals surface area contributed by atoms with E-state index in [9.17, 15) is 8.42 Å². The van der Waals surface area contributed by atoms with Crippen LogP contribution < -0.4 is 16.4 Å². The molecule has 0 saturated heterocycles. The lowest BCUT2D eigenvalue weighted by Gasteiger charge is -2.13. The number of hydrogen-bond donors (Lipinski definition) is 3. The summed E-state index contributed by atoms with van der Waals surface area (Å²) in [5, 5.41) is 7.46. The van der Waals surface area contributed by atoms with Gasteiger partial charge in [-0.3, -0.25) is 4.99 Å². The van der Waals surface area contributed by atoms with E-state index in [4.69, 9.17) is 17.3 Å². The normalized spacial score (nSPS) is 14.7. The van der Waals surface area contributed by atoms with Crippen LogP contribution in [0.5, 0.6) is 0 Å². The Morgan fingerprint density at radius 1 is 1.46 bits per heavy atom. The van der Waals surface area contributed by atoms with Gasteiger partial charge in [0.1, 0.15) is 16.5 Å². The quantitative estimate of drug-likeness (QED) is 0.707. The summed E-state index contributed by atoms with van der Waals surface area (Å²) in [5.41, 5.74) is 6.38. The standard InChI is InChI=1S/C15H20ClN5O2S/c1-24(22,23)14-11-8-10(16)2-3-12(11)21(15(14)20-5-4-17)9-13-18-6-7-19-13/h2-3,8,20H,4-7,9,17H2,1H3,(H,18,19). The third-order valence-electron chi connectivity index (χ3n) is 3.84. The number of rotatable bonds is 6. The summed E-state index contributed by atoms with van der Waals surface area (Å²) in [6.45, 7) is 2.84. The minimum atomic E-state index is -3.46. The predicted octanol–water partition coefficient (Wildman–Crippen LogP) is 1.07. The van der Waals surface area contributed by atoms with E-state index in [-0.39, 0.29) is 4.90 Å². The summed E-state index contributed by atoms with van der Waals surface area (Å²) in [5.74, 6) is 1.36. The van der Waals surface area contributed by atoms with Gasteiger partial charge in [0.25, 0.3) is 0 Å². The van der Waals surface area contributed by atoms with E-state index in [2.05, 4.69) is 15.6 Å². The monoisotopic (exact) mass is 369 g/mol. The van der Waals surface area contributed by atoms with Gasteiger partial charge in [-0.2, -0.15) is 0 Å². The van der Waals surface area contributed by atoms with Gasteiger partial charge in [-0.25, -0.2) is 8.42 Å². The topological polar surface area (TPSA) is 102 Å². The van der Waals surface area contributed by atoms with Crippen LogP contribution in [0.1, 0.15) is 0 Å². The number of benzene rings is 1. The van der Waals surface area contributed by atoms with Crippen molar-refractivity contribution in [2.75, 3.05) is 37.8 Å². The van der Waals surface area contributed by atoms with E-state index in [1.165, 1.54) is 6.26 Å². The fourth-order valence-electron chi connectivity index (χ4n) is 2.90. The molecule has 1 aromatic heterocycles. The Bertz CT molecular complexity index is 904. The van der Waals surface area contributed by atoms with Crippen molar-refractivity contribution in [2.45, 2.75) is 11.4 Å². The molecule has 1 aromatic carbocycles. The molecule has 130 valence electrons. The molecule has 0 fully saturated rings. The Labute approximate surface area is 145 Å². The van der Waals surface area contributed by atoms with Gasteiger partial charge in [-0.1, -0.05) is 11.6 Å². The average Bonchev–Trinajstić information content (AvgIpc) is 3.11. The fourth-order valence-corrected chi connectivity index (χ4v) is 4.17. The summed E-state index contributed by atoms with van der Waals surface area (Å²) in [6, 6.07) is 5.26. The van der Waals surface area contributed by atoms with Gasteiger partial charge in [-0.15, -0.1) is 0 Å². The number of halogens is 1. The molecule has 0 aliphatic carbocycles. The number of nitrogens with one attached hydrogen (secondary N) is 2. The van der Waals surface area contributed by atoms with Crippen molar-refractivity contribution >= 4 is 44.0 Å². The molecule has 24 heavy (non-hydrogen) atoms. The first-order valence-electron chi connectivity index (χ1n) is 7.64. The Hall–Kier alpha value is -1.77. The van der Waals surface area contributed by atoms with E-state index in [1.54, 1.807) is 12.1 Å². The van der Waals surface area contributed by atoms with E-state index in [0.29, 0.717) is 35.9 Å². The van der Waals surface area contributed by atoms with Crippen molar-refractivity contribution in [3.63, 3.8) is 0 Å². The van der Waals surface area contributed by atoms with Crippen molar-refractivity contribution in [2.24, 2.45) is 10.7 Å². The number of hydrogen-bond acceptors (Lipinski definition) is 6. The van der Waals surface area contributed by atoms with Crippen LogP contribution in [0.3, 0.4) is 0 Å². The zero-order chi connectivity index (χ0) is 17.3. The number of nitrogens with two attached hydrogens (primary N) is 1. The highest BCUT2D eigenvalue weighted by atomic mass is 35.5. The number of nitrogens with zero attached hydrogens (tertiary/aromatic N) is 2. The number of fused-ring (bicyclic) bond motifs is 1. The molecule has 2 aromatic rings. The Balaban J connectivity index is 2.26. The van der Waals surface area contributed by atoms with E-state index >= 15 is 0 Å². The largest absolute Gasteiger partial charge is 0.370 e.